The molecule has 1 aromatic carbocycles. The summed E-state index contributed by atoms with van der Waals surface area (Å²) in [5.74, 6) is 3.20. The second-order valence-electron chi connectivity index (χ2n) is 5.66. The number of aryl methyl sites for hydroxylation is 1. The number of carbonyl (C=O) groups is 1. The molecular formula is C16H22N4OS. The van der Waals surface area contributed by atoms with Gasteiger partial charge in [0.1, 0.15) is 5.82 Å². The maximum absolute atomic E-state index is 12.1. The summed E-state index contributed by atoms with van der Waals surface area (Å²) in [4.78, 5) is 21.8. The first kappa shape index (κ1) is 15.2. The molecule has 3 rings (SSSR count). The Balaban J connectivity index is 1.42. The van der Waals surface area contributed by atoms with E-state index in [9.17, 15) is 4.79 Å². The van der Waals surface area contributed by atoms with Gasteiger partial charge in [-0.05, 0) is 30.7 Å². The van der Waals surface area contributed by atoms with Crippen LogP contribution in [-0.4, -0.2) is 52.0 Å². The first-order valence-corrected chi connectivity index (χ1v) is 8.91. The molecule has 0 bridgehead atoms. The lowest BCUT2D eigenvalue weighted by molar-refractivity contribution is 0.195. The Morgan fingerprint density at radius 3 is 3.14 bits per heavy atom. The zero-order chi connectivity index (χ0) is 15.4. The van der Waals surface area contributed by atoms with E-state index in [0.29, 0.717) is 12.6 Å². The van der Waals surface area contributed by atoms with Crippen LogP contribution in [0.25, 0.3) is 11.0 Å². The molecule has 0 saturated carbocycles. The predicted molar refractivity (Wildman–Crippen MR) is 91.3 cm³/mol. The smallest absolute Gasteiger partial charge is 0.317 e. The highest BCUT2D eigenvalue weighted by Crippen LogP contribution is 2.21. The van der Waals surface area contributed by atoms with Crippen LogP contribution in [0.3, 0.4) is 0 Å². The first-order chi connectivity index (χ1) is 10.7. The summed E-state index contributed by atoms with van der Waals surface area (Å²) in [6, 6.07) is 8.46. The number of benzene rings is 1. The average molecular weight is 318 g/mol. The SMILES string of the molecule is CN(C(=O)NCCCc1nc2ccccc2[nH]1)[C@H]1CCSC1. The van der Waals surface area contributed by atoms with E-state index in [2.05, 4.69) is 15.3 Å². The summed E-state index contributed by atoms with van der Waals surface area (Å²) in [5, 5.41) is 3.00. The van der Waals surface area contributed by atoms with Gasteiger partial charge in [-0.3, -0.25) is 0 Å². The lowest BCUT2D eigenvalue weighted by atomic mass is 10.2. The number of aromatic amines is 1. The third-order valence-corrected chi connectivity index (χ3v) is 5.22. The Kier molecular flexibility index (Phi) is 4.87. The van der Waals surface area contributed by atoms with Crippen molar-refractivity contribution in [3.63, 3.8) is 0 Å². The standard InChI is InChI=1S/C16H22N4OS/c1-20(12-8-10-22-11-12)16(21)17-9-4-7-15-18-13-5-2-3-6-14(13)19-15/h2-3,5-6,12H,4,7-11H2,1H3,(H,17,21)(H,18,19)/t12-/m0/s1. The maximum Gasteiger partial charge on any atom is 0.317 e. The van der Waals surface area contributed by atoms with E-state index in [1.165, 1.54) is 0 Å². The highest BCUT2D eigenvalue weighted by molar-refractivity contribution is 7.99. The minimum Gasteiger partial charge on any atom is -0.342 e. The molecule has 2 heterocycles. The zero-order valence-corrected chi connectivity index (χ0v) is 13.7. The highest BCUT2D eigenvalue weighted by atomic mass is 32.2. The topological polar surface area (TPSA) is 61.0 Å². The second kappa shape index (κ2) is 7.05. The van der Waals surface area contributed by atoms with E-state index in [4.69, 9.17) is 0 Å². The van der Waals surface area contributed by atoms with E-state index in [-0.39, 0.29) is 6.03 Å². The largest absolute Gasteiger partial charge is 0.342 e. The van der Waals surface area contributed by atoms with Gasteiger partial charge in [-0.1, -0.05) is 12.1 Å². The van der Waals surface area contributed by atoms with Crippen molar-refractivity contribution in [3.05, 3.63) is 30.1 Å². The summed E-state index contributed by atoms with van der Waals surface area (Å²) in [5.41, 5.74) is 2.07. The fourth-order valence-electron chi connectivity index (χ4n) is 2.69. The number of nitrogens with zero attached hydrogens (tertiary/aromatic N) is 2. The molecular weight excluding hydrogens is 296 g/mol. The number of nitrogens with one attached hydrogen (secondary N) is 2. The van der Waals surface area contributed by atoms with Gasteiger partial charge in [-0.15, -0.1) is 0 Å². The van der Waals surface area contributed by atoms with E-state index < -0.39 is 0 Å². The molecule has 0 radical (unpaired) electrons. The summed E-state index contributed by atoms with van der Waals surface area (Å²) < 4.78 is 0. The number of amides is 2. The molecule has 2 aromatic rings. The maximum atomic E-state index is 12.1. The molecule has 5 nitrogen and oxygen atoms in total. The van der Waals surface area contributed by atoms with Crippen molar-refractivity contribution >= 4 is 28.8 Å². The number of urea groups is 1. The number of hydrogen-bond donors (Lipinski definition) is 2. The van der Waals surface area contributed by atoms with Gasteiger partial charge in [0.25, 0.3) is 0 Å². The Bertz CT molecular complexity index is 603. The second-order valence-corrected chi connectivity index (χ2v) is 6.81. The molecule has 1 atom stereocenters. The normalized spacial score (nSPS) is 17.8. The summed E-state index contributed by atoms with van der Waals surface area (Å²) in [6.45, 7) is 0.681. The van der Waals surface area contributed by atoms with Crippen LogP contribution in [0.1, 0.15) is 18.7 Å². The molecule has 2 N–H and O–H groups in total. The van der Waals surface area contributed by atoms with E-state index in [1.807, 2.05) is 48.0 Å². The third kappa shape index (κ3) is 3.55. The molecule has 22 heavy (non-hydrogen) atoms. The van der Waals surface area contributed by atoms with Crippen LogP contribution < -0.4 is 5.32 Å². The number of H-pyrrole nitrogens is 1. The fraction of sp³-hybridized carbons (Fsp3) is 0.500. The van der Waals surface area contributed by atoms with Crippen LogP contribution in [0.5, 0.6) is 0 Å². The highest BCUT2D eigenvalue weighted by Gasteiger charge is 2.23. The van der Waals surface area contributed by atoms with Crippen LogP contribution in [0.2, 0.25) is 0 Å². The van der Waals surface area contributed by atoms with Gasteiger partial charge in [-0.2, -0.15) is 11.8 Å². The number of rotatable bonds is 5. The van der Waals surface area contributed by atoms with Crippen molar-refractivity contribution < 1.29 is 4.79 Å². The van der Waals surface area contributed by atoms with Crippen LogP contribution in [0, 0.1) is 0 Å². The summed E-state index contributed by atoms with van der Waals surface area (Å²) in [6.07, 6.45) is 2.84. The Morgan fingerprint density at radius 2 is 2.36 bits per heavy atom. The predicted octanol–water partition coefficient (Wildman–Crippen LogP) is 2.64. The molecule has 0 aliphatic carbocycles. The molecule has 0 unspecified atom stereocenters. The fourth-order valence-corrected chi connectivity index (χ4v) is 3.96. The van der Waals surface area contributed by atoms with Gasteiger partial charge in [0.2, 0.25) is 0 Å². The van der Waals surface area contributed by atoms with Gasteiger partial charge < -0.3 is 15.2 Å². The van der Waals surface area contributed by atoms with Gasteiger partial charge in [-0.25, -0.2) is 9.78 Å². The number of carbonyl (C=O) groups excluding carboxylic acids is 1. The number of para-hydroxylation sites is 2. The number of fused-ring (bicyclic) bond motifs is 1. The summed E-state index contributed by atoms with van der Waals surface area (Å²) >= 11 is 1.92. The quantitative estimate of drug-likeness (QED) is 0.833. The number of aromatic nitrogens is 2. The van der Waals surface area contributed by atoms with Crippen LogP contribution in [-0.2, 0) is 6.42 Å². The average Bonchev–Trinajstić information content (AvgIpc) is 3.19. The molecule has 6 heteroatoms. The Morgan fingerprint density at radius 1 is 1.50 bits per heavy atom. The van der Waals surface area contributed by atoms with Crippen LogP contribution >= 0.6 is 11.8 Å². The van der Waals surface area contributed by atoms with Crippen LogP contribution in [0.4, 0.5) is 4.79 Å². The lowest BCUT2D eigenvalue weighted by Crippen LogP contribution is -2.44. The van der Waals surface area contributed by atoms with Crippen LogP contribution in [0.15, 0.2) is 24.3 Å². The van der Waals surface area contributed by atoms with Gasteiger partial charge in [0.05, 0.1) is 11.0 Å². The van der Waals surface area contributed by atoms with E-state index in [0.717, 1.165) is 47.6 Å². The van der Waals surface area contributed by atoms with Crippen molar-refractivity contribution in [2.45, 2.75) is 25.3 Å². The van der Waals surface area contributed by atoms with Crippen molar-refractivity contribution in [2.75, 3.05) is 25.1 Å². The first-order valence-electron chi connectivity index (χ1n) is 7.76. The van der Waals surface area contributed by atoms with E-state index >= 15 is 0 Å². The molecule has 1 saturated heterocycles. The molecule has 1 fully saturated rings. The third-order valence-electron chi connectivity index (χ3n) is 4.08. The Labute approximate surface area is 134 Å². The number of imidazole rings is 1. The molecule has 1 aliphatic heterocycles. The molecule has 1 aliphatic rings. The number of thioether (sulfide) groups is 1. The lowest BCUT2D eigenvalue weighted by Gasteiger charge is -2.24. The minimum atomic E-state index is 0.0390. The monoisotopic (exact) mass is 318 g/mol. The Hall–Kier alpha value is -1.69. The summed E-state index contributed by atoms with van der Waals surface area (Å²) in [7, 11) is 1.89. The zero-order valence-electron chi connectivity index (χ0n) is 12.8. The van der Waals surface area contributed by atoms with E-state index in [1.54, 1.807) is 0 Å². The van der Waals surface area contributed by atoms with Crippen molar-refractivity contribution in [2.24, 2.45) is 0 Å². The molecule has 0 spiro atoms. The van der Waals surface area contributed by atoms with Crippen molar-refractivity contribution in [3.8, 4) is 0 Å². The molecule has 118 valence electrons. The number of hydrogen-bond acceptors (Lipinski definition) is 3. The van der Waals surface area contributed by atoms with Gasteiger partial charge >= 0.3 is 6.03 Å². The van der Waals surface area contributed by atoms with Crippen molar-refractivity contribution in [1.82, 2.24) is 20.2 Å². The molecule has 2 amide bonds. The minimum absolute atomic E-state index is 0.0390. The van der Waals surface area contributed by atoms with Gasteiger partial charge in [0.15, 0.2) is 0 Å². The van der Waals surface area contributed by atoms with Gasteiger partial charge in [0, 0.05) is 31.8 Å². The molecule has 1 aromatic heterocycles. The van der Waals surface area contributed by atoms with Crippen molar-refractivity contribution in [1.29, 1.82) is 0 Å².